The molecule has 0 bridgehead atoms. The molecule has 1 fully saturated rings. The second kappa shape index (κ2) is 7.64. The van der Waals surface area contributed by atoms with E-state index in [-0.39, 0.29) is 22.3 Å². The summed E-state index contributed by atoms with van der Waals surface area (Å²) in [5.74, 6) is 0.382. The van der Waals surface area contributed by atoms with Gasteiger partial charge in [-0.25, -0.2) is 8.42 Å². The third-order valence-electron chi connectivity index (χ3n) is 5.42. The quantitative estimate of drug-likeness (QED) is 0.672. The number of amides is 1. The van der Waals surface area contributed by atoms with Gasteiger partial charge in [0.25, 0.3) is 15.9 Å². The highest BCUT2D eigenvalue weighted by atomic mass is 32.2. The second-order valence-corrected chi connectivity index (χ2v) is 9.43. The van der Waals surface area contributed by atoms with Crippen molar-refractivity contribution in [1.82, 2.24) is 15.1 Å². The SMILES string of the molecule is Cc1ccc(N(C)S(=O)(=O)c2cc(-c3[nH]ncc3C(=O)N3CCCC3)oc2C)cc1. The number of hydrogen-bond acceptors (Lipinski definition) is 5. The second-order valence-electron chi connectivity index (χ2n) is 7.50. The fourth-order valence-corrected chi connectivity index (χ4v) is 4.97. The van der Waals surface area contributed by atoms with E-state index >= 15 is 0 Å². The van der Waals surface area contributed by atoms with Crippen LogP contribution in [-0.2, 0) is 10.0 Å². The first-order valence-corrected chi connectivity index (χ1v) is 11.2. The molecule has 1 aliphatic rings. The fourth-order valence-electron chi connectivity index (χ4n) is 3.61. The van der Waals surface area contributed by atoms with Gasteiger partial charge in [0, 0.05) is 26.2 Å². The minimum atomic E-state index is -3.84. The summed E-state index contributed by atoms with van der Waals surface area (Å²) in [7, 11) is -2.34. The van der Waals surface area contributed by atoms with Crippen LogP contribution in [0.3, 0.4) is 0 Å². The molecule has 30 heavy (non-hydrogen) atoms. The molecule has 1 N–H and O–H groups in total. The number of rotatable bonds is 5. The lowest BCUT2D eigenvalue weighted by Gasteiger charge is -2.19. The molecule has 0 saturated carbocycles. The lowest BCUT2D eigenvalue weighted by Crippen LogP contribution is -2.27. The van der Waals surface area contributed by atoms with Crippen molar-refractivity contribution in [2.75, 3.05) is 24.4 Å². The van der Waals surface area contributed by atoms with Crippen molar-refractivity contribution in [3.05, 3.63) is 53.4 Å². The van der Waals surface area contributed by atoms with Crippen molar-refractivity contribution in [2.24, 2.45) is 0 Å². The Bertz CT molecular complexity index is 1170. The molecule has 3 aromatic rings. The van der Waals surface area contributed by atoms with Crippen LogP contribution in [0.1, 0.15) is 34.5 Å². The first-order valence-electron chi connectivity index (χ1n) is 9.78. The molecule has 1 saturated heterocycles. The molecule has 0 unspecified atom stereocenters. The van der Waals surface area contributed by atoms with E-state index in [4.69, 9.17) is 4.42 Å². The topological polar surface area (TPSA) is 99.5 Å². The molecule has 2 aromatic heterocycles. The summed E-state index contributed by atoms with van der Waals surface area (Å²) in [6.45, 7) is 4.96. The molecular formula is C21H24N4O4S. The Labute approximate surface area is 175 Å². The highest BCUT2D eigenvalue weighted by Gasteiger charge is 2.30. The molecule has 158 valence electrons. The predicted molar refractivity (Wildman–Crippen MR) is 113 cm³/mol. The van der Waals surface area contributed by atoms with Crippen LogP contribution >= 0.6 is 0 Å². The number of H-pyrrole nitrogens is 1. The van der Waals surface area contributed by atoms with Crippen LogP contribution in [0.4, 0.5) is 5.69 Å². The molecule has 0 radical (unpaired) electrons. The number of hydrogen-bond donors (Lipinski definition) is 1. The summed E-state index contributed by atoms with van der Waals surface area (Å²) in [5.41, 5.74) is 2.35. The molecular weight excluding hydrogens is 404 g/mol. The fraction of sp³-hybridized carbons (Fsp3) is 0.333. The number of anilines is 1. The maximum absolute atomic E-state index is 13.2. The van der Waals surface area contributed by atoms with Crippen molar-refractivity contribution in [3.8, 4) is 11.5 Å². The number of aromatic nitrogens is 2. The Kier molecular flexibility index (Phi) is 5.15. The molecule has 8 nitrogen and oxygen atoms in total. The van der Waals surface area contributed by atoms with Crippen molar-refractivity contribution in [1.29, 1.82) is 0 Å². The number of benzene rings is 1. The van der Waals surface area contributed by atoms with Gasteiger partial charge in [0.05, 0.1) is 17.4 Å². The standard InChI is InChI=1S/C21H24N4O4S/c1-14-6-8-16(9-7-14)24(3)30(27,28)19-12-18(29-15(19)2)20-17(13-22-23-20)21(26)25-10-4-5-11-25/h6-9,12-13H,4-5,10-11H2,1-3H3,(H,22,23). The van der Waals surface area contributed by atoms with Crippen LogP contribution in [0.25, 0.3) is 11.5 Å². The Hall–Kier alpha value is -3.07. The van der Waals surface area contributed by atoms with Gasteiger partial charge in [-0.2, -0.15) is 5.10 Å². The van der Waals surface area contributed by atoms with Crippen LogP contribution in [0.5, 0.6) is 0 Å². The summed E-state index contributed by atoms with van der Waals surface area (Å²) in [6, 6.07) is 8.67. The number of aryl methyl sites for hydroxylation is 2. The van der Waals surface area contributed by atoms with Crippen LogP contribution in [0.2, 0.25) is 0 Å². The van der Waals surface area contributed by atoms with Crippen molar-refractivity contribution in [3.63, 3.8) is 0 Å². The smallest absolute Gasteiger partial charge is 0.267 e. The summed E-state index contributed by atoms with van der Waals surface area (Å²) in [5, 5.41) is 6.78. The van der Waals surface area contributed by atoms with Gasteiger partial charge in [-0.05, 0) is 38.8 Å². The number of likely N-dealkylation sites (tertiary alicyclic amines) is 1. The van der Waals surface area contributed by atoms with Crippen molar-refractivity contribution < 1.29 is 17.6 Å². The number of nitrogens with zero attached hydrogens (tertiary/aromatic N) is 3. The lowest BCUT2D eigenvalue weighted by molar-refractivity contribution is 0.0793. The summed E-state index contributed by atoms with van der Waals surface area (Å²) in [4.78, 5) is 14.6. The monoisotopic (exact) mass is 428 g/mol. The molecule has 1 aliphatic heterocycles. The number of nitrogens with one attached hydrogen (secondary N) is 1. The van der Waals surface area contributed by atoms with E-state index in [0.29, 0.717) is 30.0 Å². The minimum Gasteiger partial charge on any atom is -0.458 e. The zero-order valence-corrected chi connectivity index (χ0v) is 18.0. The van der Waals surface area contributed by atoms with Crippen LogP contribution in [0, 0.1) is 13.8 Å². The van der Waals surface area contributed by atoms with E-state index in [1.54, 1.807) is 24.0 Å². The molecule has 4 rings (SSSR count). The normalized spacial score (nSPS) is 14.3. The van der Waals surface area contributed by atoms with Gasteiger partial charge in [-0.15, -0.1) is 0 Å². The van der Waals surface area contributed by atoms with E-state index in [1.165, 1.54) is 23.6 Å². The van der Waals surface area contributed by atoms with E-state index in [2.05, 4.69) is 10.2 Å². The Morgan fingerprint density at radius 1 is 1.17 bits per heavy atom. The number of carbonyl (C=O) groups excluding carboxylic acids is 1. The van der Waals surface area contributed by atoms with Crippen molar-refractivity contribution >= 4 is 21.6 Å². The Balaban J connectivity index is 1.68. The molecule has 0 spiro atoms. The third-order valence-corrected chi connectivity index (χ3v) is 7.31. The molecule has 9 heteroatoms. The van der Waals surface area contributed by atoms with Gasteiger partial charge < -0.3 is 9.32 Å². The van der Waals surface area contributed by atoms with Gasteiger partial charge in [0.2, 0.25) is 0 Å². The largest absolute Gasteiger partial charge is 0.458 e. The number of carbonyl (C=O) groups is 1. The van der Waals surface area contributed by atoms with E-state index < -0.39 is 10.0 Å². The van der Waals surface area contributed by atoms with Crippen LogP contribution < -0.4 is 4.31 Å². The van der Waals surface area contributed by atoms with Gasteiger partial charge in [-0.1, -0.05) is 17.7 Å². The molecule has 1 amide bonds. The van der Waals surface area contributed by atoms with Crippen LogP contribution in [-0.4, -0.2) is 49.6 Å². The zero-order chi connectivity index (χ0) is 21.5. The summed E-state index contributed by atoms with van der Waals surface area (Å²) >= 11 is 0. The zero-order valence-electron chi connectivity index (χ0n) is 17.2. The summed E-state index contributed by atoms with van der Waals surface area (Å²) in [6.07, 6.45) is 3.42. The average Bonchev–Trinajstić information content (AvgIpc) is 3.47. The van der Waals surface area contributed by atoms with Gasteiger partial charge in [0.15, 0.2) is 5.76 Å². The predicted octanol–water partition coefficient (Wildman–Crippen LogP) is 3.35. The number of furan rings is 1. The highest BCUT2D eigenvalue weighted by Crippen LogP contribution is 2.32. The molecule has 0 atom stereocenters. The maximum atomic E-state index is 13.2. The summed E-state index contributed by atoms with van der Waals surface area (Å²) < 4.78 is 33.4. The third kappa shape index (κ3) is 3.49. The maximum Gasteiger partial charge on any atom is 0.267 e. The van der Waals surface area contributed by atoms with Gasteiger partial charge in [-0.3, -0.25) is 14.2 Å². The van der Waals surface area contributed by atoms with E-state index in [1.807, 2.05) is 19.1 Å². The van der Waals surface area contributed by atoms with E-state index in [0.717, 1.165) is 18.4 Å². The molecule has 0 aliphatic carbocycles. The van der Waals surface area contributed by atoms with Crippen LogP contribution in [0.15, 0.2) is 45.8 Å². The lowest BCUT2D eigenvalue weighted by atomic mass is 10.2. The first-order chi connectivity index (χ1) is 14.3. The highest BCUT2D eigenvalue weighted by molar-refractivity contribution is 7.92. The Morgan fingerprint density at radius 3 is 2.50 bits per heavy atom. The number of aromatic amines is 1. The number of sulfonamides is 1. The minimum absolute atomic E-state index is 0.0507. The Morgan fingerprint density at radius 2 is 1.83 bits per heavy atom. The molecule has 1 aromatic carbocycles. The van der Waals surface area contributed by atoms with Gasteiger partial charge >= 0.3 is 0 Å². The van der Waals surface area contributed by atoms with Gasteiger partial charge in [0.1, 0.15) is 16.3 Å². The first kappa shape index (κ1) is 20.2. The molecule has 3 heterocycles. The average molecular weight is 429 g/mol. The van der Waals surface area contributed by atoms with Crippen molar-refractivity contribution in [2.45, 2.75) is 31.6 Å². The van der Waals surface area contributed by atoms with E-state index in [9.17, 15) is 13.2 Å².